The highest BCUT2D eigenvalue weighted by atomic mass is 16.2. The Labute approximate surface area is 126 Å². The van der Waals surface area contributed by atoms with Crippen LogP contribution < -0.4 is 16.0 Å². The summed E-state index contributed by atoms with van der Waals surface area (Å²) < 4.78 is 32.5. The zero-order chi connectivity index (χ0) is 17.3. The summed E-state index contributed by atoms with van der Waals surface area (Å²) in [6.07, 6.45) is -1.73. The number of nitrogens with zero attached hydrogens (tertiary/aromatic N) is 1. The second-order valence-corrected chi connectivity index (χ2v) is 6.49. The van der Waals surface area contributed by atoms with Crippen LogP contribution in [0.4, 0.5) is 0 Å². The van der Waals surface area contributed by atoms with Gasteiger partial charge in [-0.05, 0) is 51.0 Å². The van der Waals surface area contributed by atoms with Gasteiger partial charge in [-0.15, -0.1) is 0 Å². The van der Waals surface area contributed by atoms with E-state index in [1.54, 1.807) is 0 Å². The van der Waals surface area contributed by atoms with Crippen molar-refractivity contribution < 1.29 is 10.3 Å². The van der Waals surface area contributed by atoms with Crippen LogP contribution >= 0.6 is 0 Å². The Morgan fingerprint density at radius 3 is 2.80 bits per heavy atom. The van der Waals surface area contributed by atoms with E-state index >= 15 is 0 Å². The molecule has 3 heterocycles. The predicted octanol–water partition coefficient (Wildman–Crippen LogP) is 0.230. The summed E-state index contributed by atoms with van der Waals surface area (Å²) in [6.45, 7) is 3.68. The lowest BCUT2D eigenvalue weighted by molar-refractivity contribution is -0.127. The summed E-state index contributed by atoms with van der Waals surface area (Å²) in [5.74, 6) is 0.0333. The van der Waals surface area contributed by atoms with E-state index in [1.807, 2.05) is 4.90 Å². The highest BCUT2D eigenvalue weighted by molar-refractivity contribution is 5.80. The number of carbonyl (C=O) groups excluding carboxylic acids is 1. The van der Waals surface area contributed by atoms with Gasteiger partial charge in [0.2, 0.25) is 5.91 Å². The Morgan fingerprint density at radius 2 is 2.00 bits per heavy atom. The van der Waals surface area contributed by atoms with E-state index in [0.29, 0.717) is 0 Å². The SMILES string of the molecule is [2H]C1([2H])C(N2C3NCCCC3C(=O)NC3C(C)CCNC32)C1([2H])[2H]. The first-order valence-corrected chi connectivity index (χ1v) is 7.81. The van der Waals surface area contributed by atoms with Gasteiger partial charge in [0.1, 0.15) is 0 Å². The minimum atomic E-state index is -1.89. The van der Waals surface area contributed by atoms with Crippen molar-refractivity contribution >= 4 is 5.91 Å². The molecule has 0 aromatic rings. The first-order valence-electron chi connectivity index (χ1n) is 9.81. The molecule has 1 amide bonds. The van der Waals surface area contributed by atoms with Crippen LogP contribution in [0.2, 0.25) is 0 Å². The van der Waals surface area contributed by atoms with Gasteiger partial charge in [0.15, 0.2) is 0 Å². The second-order valence-electron chi connectivity index (χ2n) is 6.49. The highest BCUT2D eigenvalue weighted by Crippen LogP contribution is 2.37. The van der Waals surface area contributed by atoms with Crippen LogP contribution in [0.1, 0.15) is 44.4 Å². The number of carbonyl (C=O) groups is 1. The third kappa shape index (κ3) is 2.07. The highest BCUT2D eigenvalue weighted by Gasteiger charge is 2.51. The van der Waals surface area contributed by atoms with Crippen molar-refractivity contribution in [1.82, 2.24) is 20.9 Å². The van der Waals surface area contributed by atoms with Gasteiger partial charge in [-0.1, -0.05) is 6.92 Å². The number of hydrogen-bond donors (Lipinski definition) is 3. The number of amides is 1. The molecule has 20 heavy (non-hydrogen) atoms. The molecule has 1 aliphatic carbocycles. The van der Waals surface area contributed by atoms with Gasteiger partial charge < -0.3 is 10.6 Å². The monoisotopic (exact) mass is 282 g/mol. The van der Waals surface area contributed by atoms with Crippen molar-refractivity contribution in [2.24, 2.45) is 11.8 Å². The lowest BCUT2D eigenvalue weighted by atomic mass is 9.91. The normalized spacial score (nSPS) is 54.0. The van der Waals surface area contributed by atoms with Gasteiger partial charge >= 0.3 is 0 Å². The van der Waals surface area contributed by atoms with Crippen molar-refractivity contribution in [3.63, 3.8) is 0 Å². The first-order chi connectivity index (χ1) is 11.3. The van der Waals surface area contributed by atoms with Crippen molar-refractivity contribution in [2.75, 3.05) is 13.1 Å². The van der Waals surface area contributed by atoms with E-state index < -0.39 is 18.8 Å². The number of hydrogen-bond acceptors (Lipinski definition) is 4. The Kier molecular flexibility index (Phi) is 2.33. The van der Waals surface area contributed by atoms with Crippen LogP contribution in [0.5, 0.6) is 0 Å². The molecule has 4 rings (SSSR count). The summed E-state index contributed by atoms with van der Waals surface area (Å²) in [5, 5.41) is 9.98. The summed E-state index contributed by atoms with van der Waals surface area (Å²) in [7, 11) is 0. The zero-order valence-corrected chi connectivity index (χ0v) is 11.9. The molecule has 0 aromatic carbocycles. The minimum Gasteiger partial charge on any atom is -0.350 e. The Balaban J connectivity index is 1.75. The summed E-state index contributed by atoms with van der Waals surface area (Å²) in [6, 6.07) is -0.952. The molecule has 3 N–H and O–H groups in total. The molecule has 3 aliphatic heterocycles. The second kappa shape index (κ2) is 4.97. The molecule has 5 unspecified atom stereocenters. The van der Waals surface area contributed by atoms with Gasteiger partial charge in [-0.25, -0.2) is 0 Å². The Bertz CT molecular complexity index is 532. The standard InChI is InChI=1S/C15H26N4O/c1-9-6-8-17-14-12(9)18-15(20)11-3-2-7-16-13(11)19(14)10-4-5-10/h9-14,16-17H,2-8H2,1H3,(H,18,20)/i4D2,5D2. The summed E-state index contributed by atoms with van der Waals surface area (Å²) >= 11 is 0. The Morgan fingerprint density at radius 1 is 1.20 bits per heavy atom. The fourth-order valence-corrected chi connectivity index (χ4v) is 4.00. The summed E-state index contributed by atoms with van der Waals surface area (Å²) in [4.78, 5) is 14.7. The molecule has 1 saturated carbocycles. The molecular formula is C15H26N4O. The first kappa shape index (κ1) is 9.38. The molecule has 4 aliphatic rings. The van der Waals surface area contributed by atoms with Crippen LogP contribution in [0.15, 0.2) is 0 Å². The number of rotatable bonds is 1. The average molecular weight is 282 g/mol. The lowest BCUT2D eigenvalue weighted by Crippen LogP contribution is -2.66. The van der Waals surface area contributed by atoms with Gasteiger partial charge in [-0.3, -0.25) is 15.0 Å². The van der Waals surface area contributed by atoms with E-state index in [9.17, 15) is 4.79 Å². The van der Waals surface area contributed by atoms with Crippen LogP contribution in [-0.4, -0.2) is 48.3 Å². The van der Waals surface area contributed by atoms with Crippen LogP contribution in [0, 0.1) is 11.8 Å². The molecule has 5 atom stereocenters. The molecule has 5 heteroatoms. The molecule has 0 bridgehead atoms. The molecule has 0 spiro atoms. The maximum atomic E-state index is 12.8. The van der Waals surface area contributed by atoms with E-state index in [2.05, 4.69) is 22.9 Å². The molecule has 0 aromatic heterocycles. The average Bonchev–Trinajstić information content (AvgIpc) is 2.98. The van der Waals surface area contributed by atoms with Crippen LogP contribution in [-0.2, 0) is 4.79 Å². The zero-order valence-electron chi connectivity index (χ0n) is 15.9. The molecule has 5 nitrogen and oxygen atoms in total. The van der Waals surface area contributed by atoms with Crippen molar-refractivity contribution in [2.45, 2.75) is 63.3 Å². The van der Waals surface area contributed by atoms with Crippen LogP contribution in [0.3, 0.4) is 0 Å². The smallest absolute Gasteiger partial charge is 0.226 e. The van der Waals surface area contributed by atoms with E-state index in [1.165, 1.54) is 0 Å². The van der Waals surface area contributed by atoms with E-state index in [-0.39, 0.29) is 36.1 Å². The maximum Gasteiger partial charge on any atom is 0.226 e. The molecule has 3 saturated heterocycles. The van der Waals surface area contributed by atoms with Crippen LogP contribution in [0.25, 0.3) is 0 Å². The number of piperidine rings is 2. The molecule has 4 fully saturated rings. The fraction of sp³-hybridized carbons (Fsp3) is 0.933. The predicted molar refractivity (Wildman–Crippen MR) is 76.9 cm³/mol. The molecule has 0 radical (unpaired) electrons. The Hall–Kier alpha value is -0.650. The lowest BCUT2D eigenvalue weighted by Gasteiger charge is -2.46. The van der Waals surface area contributed by atoms with E-state index in [4.69, 9.17) is 5.48 Å². The molecule has 112 valence electrons. The van der Waals surface area contributed by atoms with Crippen molar-refractivity contribution in [1.29, 1.82) is 0 Å². The number of fused-ring (bicyclic) bond motifs is 2. The minimum absolute atomic E-state index is 0.0158. The van der Waals surface area contributed by atoms with Gasteiger partial charge in [0.25, 0.3) is 0 Å². The number of nitrogens with one attached hydrogen (secondary N) is 3. The third-order valence-corrected chi connectivity index (χ3v) is 5.19. The fourth-order valence-electron chi connectivity index (χ4n) is 4.00. The van der Waals surface area contributed by atoms with Crippen molar-refractivity contribution in [3.05, 3.63) is 0 Å². The van der Waals surface area contributed by atoms with Gasteiger partial charge in [0.05, 0.1) is 24.3 Å². The molecular weight excluding hydrogens is 252 g/mol. The van der Waals surface area contributed by atoms with Gasteiger partial charge in [-0.2, -0.15) is 0 Å². The van der Waals surface area contributed by atoms with Crippen molar-refractivity contribution in [3.8, 4) is 0 Å². The maximum absolute atomic E-state index is 12.8. The van der Waals surface area contributed by atoms with Gasteiger partial charge in [0, 0.05) is 11.5 Å². The summed E-state index contributed by atoms with van der Waals surface area (Å²) in [5.41, 5.74) is 0. The largest absolute Gasteiger partial charge is 0.350 e. The third-order valence-electron chi connectivity index (χ3n) is 5.19. The van der Waals surface area contributed by atoms with E-state index in [0.717, 1.165) is 32.4 Å². The topological polar surface area (TPSA) is 56.4 Å². The quantitative estimate of drug-likeness (QED) is 0.644.